The van der Waals surface area contributed by atoms with E-state index in [2.05, 4.69) is 55.3 Å². The number of pyridine rings is 1. The first-order chi connectivity index (χ1) is 9.76. The molecule has 1 atom stereocenters. The van der Waals surface area contributed by atoms with Gasteiger partial charge in [-0.3, -0.25) is 4.98 Å². The Bertz CT molecular complexity index is 635. The molecule has 0 spiro atoms. The number of para-hydroxylation sites is 1. The van der Waals surface area contributed by atoms with Crippen LogP contribution >= 0.6 is 0 Å². The first-order valence-electron chi connectivity index (χ1n) is 7.25. The van der Waals surface area contributed by atoms with E-state index in [4.69, 9.17) is 4.98 Å². The number of rotatable bonds is 5. The summed E-state index contributed by atoms with van der Waals surface area (Å²) >= 11 is 0. The van der Waals surface area contributed by atoms with E-state index < -0.39 is 0 Å². The second kappa shape index (κ2) is 7.07. The molecule has 1 unspecified atom stereocenters. The maximum atomic E-state index is 4.82. The molecule has 20 heavy (non-hydrogen) atoms. The van der Waals surface area contributed by atoms with Crippen LogP contribution in [-0.2, 0) is 0 Å². The van der Waals surface area contributed by atoms with E-state index in [0.29, 0.717) is 0 Å². The third kappa shape index (κ3) is 3.37. The van der Waals surface area contributed by atoms with E-state index in [0.717, 1.165) is 30.6 Å². The normalized spacial score (nSPS) is 11.9. The fraction of sp³-hybridized carbons (Fsp3) is 0.389. The molecule has 2 rings (SSSR count). The van der Waals surface area contributed by atoms with Crippen LogP contribution in [0.15, 0.2) is 30.3 Å². The highest BCUT2D eigenvalue weighted by atomic mass is 14.9. The number of aromatic nitrogens is 1. The average molecular weight is 266 g/mol. The van der Waals surface area contributed by atoms with Gasteiger partial charge in [0.15, 0.2) is 0 Å². The first-order valence-corrected chi connectivity index (χ1v) is 7.25. The second-order valence-corrected chi connectivity index (χ2v) is 4.96. The van der Waals surface area contributed by atoms with Crippen molar-refractivity contribution in [3.63, 3.8) is 0 Å². The number of fused-ring (bicyclic) bond motifs is 1. The summed E-state index contributed by atoms with van der Waals surface area (Å²) in [5.41, 5.74) is 3.49. The molecule has 1 aromatic heterocycles. The molecule has 2 aromatic rings. The highest BCUT2D eigenvalue weighted by molar-refractivity contribution is 5.82. The van der Waals surface area contributed by atoms with Gasteiger partial charge in [0.2, 0.25) is 0 Å². The van der Waals surface area contributed by atoms with Crippen LogP contribution < -0.4 is 5.32 Å². The van der Waals surface area contributed by atoms with Gasteiger partial charge in [-0.2, -0.15) is 0 Å². The van der Waals surface area contributed by atoms with Gasteiger partial charge in [-0.15, -0.1) is 11.8 Å². The largest absolute Gasteiger partial charge is 0.309 e. The van der Waals surface area contributed by atoms with Crippen LogP contribution in [0.3, 0.4) is 0 Å². The van der Waals surface area contributed by atoms with E-state index in [-0.39, 0.29) is 6.04 Å². The molecule has 2 heteroatoms. The highest BCUT2D eigenvalue weighted by Gasteiger charge is 2.13. The molecular formula is C18H22N2. The van der Waals surface area contributed by atoms with Crippen LogP contribution in [0.25, 0.3) is 10.9 Å². The van der Waals surface area contributed by atoms with Gasteiger partial charge in [-0.1, -0.05) is 25.1 Å². The maximum absolute atomic E-state index is 4.82. The SMILES string of the molecule is CC#CCCC(NCC)c1cc(C)c2ccccc2n1. The van der Waals surface area contributed by atoms with E-state index >= 15 is 0 Å². The predicted octanol–water partition coefficient (Wildman–Crippen LogP) is 4.00. The van der Waals surface area contributed by atoms with Crippen LogP contribution in [0.4, 0.5) is 0 Å². The number of hydrogen-bond acceptors (Lipinski definition) is 2. The summed E-state index contributed by atoms with van der Waals surface area (Å²) in [6.45, 7) is 7.12. The smallest absolute Gasteiger partial charge is 0.0708 e. The Morgan fingerprint density at radius 1 is 1.30 bits per heavy atom. The maximum Gasteiger partial charge on any atom is 0.0708 e. The fourth-order valence-electron chi connectivity index (χ4n) is 2.50. The van der Waals surface area contributed by atoms with Crippen molar-refractivity contribution < 1.29 is 0 Å². The van der Waals surface area contributed by atoms with Crippen LogP contribution in [0.1, 0.15) is 44.0 Å². The number of nitrogens with one attached hydrogen (secondary N) is 1. The number of benzene rings is 1. The van der Waals surface area contributed by atoms with Gasteiger partial charge in [-0.05, 0) is 44.5 Å². The molecule has 0 bridgehead atoms. The molecule has 0 fully saturated rings. The average Bonchev–Trinajstić information content (AvgIpc) is 2.46. The molecule has 0 aliphatic carbocycles. The first kappa shape index (κ1) is 14.6. The van der Waals surface area contributed by atoms with Crippen molar-refractivity contribution in [3.8, 4) is 11.8 Å². The van der Waals surface area contributed by atoms with Crippen molar-refractivity contribution in [2.24, 2.45) is 0 Å². The summed E-state index contributed by atoms with van der Waals surface area (Å²) in [7, 11) is 0. The molecule has 0 saturated carbocycles. The minimum Gasteiger partial charge on any atom is -0.309 e. The predicted molar refractivity (Wildman–Crippen MR) is 85.6 cm³/mol. The third-order valence-corrected chi connectivity index (χ3v) is 3.49. The van der Waals surface area contributed by atoms with Crippen molar-refractivity contribution >= 4 is 10.9 Å². The summed E-state index contributed by atoms with van der Waals surface area (Å²) in [6, 6.07) is 10.8. The zero-order valence-electron chi connectivity index (χ0n) is 12.5. The zero-order chi connectivity index (χ0) is 14.4. The molecule has 0 radical (unpaired) electrons. The van der Waals surface area contributed by atoms with Crippen LogP contribution in [0, 0.1) is 18.8 Å². The van der Waals surface area contributed by atoms with E-state index in [1.54, 1.807) is 0 Å². The van der Waals surface area contributed by atoms with Crippen molar-refractivity contribution in [1.82, 2.24) is 10.3 Å². The molecule has 0 amide bonds. The van der Waals surface area contributed by atoms with Crippen molar-refractivity contribution in [3.05, 3.63) is 41.6 Å². The Morgan fingerprint density at radius 3 is 2.85 bits per heavy atom. The summed E-state index contributed by atoms with van der Waals surface area (Å²) in [4.78, 5) is 4.82. The third-order valence-electron chi connectivity index (χ3n) is 3.49. The Hall–Kier alpha value is -1.85. The monoisotopic (exact) mass is 266 g/mol. The van der Waals surface area contributed by atoms with Crippen molar-refractivity contribution in [2.45, 2.75) is 39.7 Å². The molecule has 1 N–H and O–H groups in total. The quantitative estimate of drug-likeness (QED) is 0.827. The van der Waals surface area contributed by atoms with Crippen molar-refractivity contribution in [2.75, 3.05) is 6.54 Å². The van der Waals surface area contributed by atoms with Gasteiger partial charge in [0, 0.05) is 11.8 Å². The number of aryl methyl sites for hydroxylation is 1. The standard InChI is InChI=1S/C18H22N2/c1-4-6-7-12-17(19-5-2)18-13-14(3)15-10-8-9-11-16(15)20-18/h8-11,13,17,19H,5,7,12H2,1-3H3. The summed E-state index contributed by atoms with van der Waals surface area (Å²) in [6.07, 6.45) is 1.90. The molecule has 0 saturated heterocycles. The molecule has 1 aromatic carbocycles. The fourth-order valence-corrected chi connectivity index (χ4v) is 2.50. The van der Waals surface area contributed by atoms with E-state index in [9.17, 15) is 0 Å². The molecule has 1 heterocycles. The van der Waals surface area contributed by atoms with Gasteiger partial charge in [-0.25, -0.2) is 0 Å². The summed E-state index contributed by atoms with van der Waals surface area (Å²) in [5, 5.41) is 4.76. The van der Waals surface area contributed by atoms with Crippen LogP contribution in [0.5, 0.6) is 0 Å². The molecular weight excluding hydrogens is 244 g/mol. The highest BCUT2D eigenvalue weighted by Crippen LogP contribution is 2.23. The Labute approximate surface area is 121 Å². The van der Waals surface area contributed by atoms with Crippen LogP contribution in [-0.4, -0.2) is 11.5 Å². The van der Waals surface area contributed by atoms with Gasteiger partial charge in [0.1, 0.15) is 0 Å². The lowest BCUT2D eigenvalue weighted by Gasteiger charge is -2.17. The van der Waals surface area contributed by atoms with Gasteiger partial charge >= 0.3 is 0 Å². The minimum atomic E-state index is 0.282. The zero-order valence-corrected chi connectivity index (χ0v) is 12.5. The summed E-state index contributed by atoms with van der Waals surface area (Å²) < 4.78 is 0. The van der Waals surface area contributed by atoms with Gasteiger partial charge in [0.25, 0.3) is 0 Å². The summed E-state index contributed by atoms with van der Waals surface area (Å²) in [5.74, 6) is 6.10. The number of nitrogens with zero attached hydrogens (tertiary/aromatic N) is 1. The lowest BCUT2D eigenvalue weighted by atomic mass is 10.0. The van der Waals surface area contributed by atoms with Crippen LogP contribution in [0.2, 0.25) is 0 Å². The molecule has 104 valence electrons. The Kier molecular flexibility index (Phi) is 5.15. The number of hydrogen-bond donors (Lipinski definition) is 1. The molecule has 0 aliphatic rings. The van der Waals surface area contributed by atoms with Gasteiger partial charge < -0.3 is 5.32 Å². The van der Waals surface area contributed by atoms with E-state index in [1.807, 2.05) is 13.0 Å². The lowest BCUT2D eigenvalue weighted by molar-refractivity contribution is 0.512. The Morgan fingerprint density at radius 2 is 2.10 bits per heavy atom. The van der Waals surface area contributed by atoms with Crippen molar-refractivity contribution in [1.29, 1.82) is 0 Å². The van der Waals surface area contributed by atoms with E-state index in [1.165, 1.54) is 10.9 Å². The minimum absolute atomic E-state index is 0.282. The van der Waals surface area contributed by atoms with Gasteiger partial charge in [0.05, 0.1) is 17.3 Å². The second-order valence-electron chi connectivity index (χ2n) is 4.96. The lowest BCUT2D eigenvalue weighted by Crippen LogP contribution is -2.22. The topological polar surface area (TPSA) is 24.9 Å². The Balaban J connectivity index is 2.33. The molecule has 0 aliphatic heterocycles. The molecule has 2 nitrogen and oxygen atoms in total.